The molecular formula is C28H25NS. The first-order valence-corrected chi connectivity index (χ1v) is 11.4. The van der Waals surface area contributed by atoms with Gasteiger partial charge in [-0.2, -0.15) is 0 Å². The van der Waals surface area contributed by atoms with Crippen molar-refractivity contribution in [2.45, 2.75) is 26.7 Å². The van der Waals surface area contributed by atoms with Crippen molar-refractivity contribution >= 4 is 31.5 Å². The quantitative estimate of drug-likeness (QED) is 0.291. The van der Waals surface area contributed by atoms with Crippen molar-refractivity contribution in [3.8, 4) is 22.4 Å². The molecule has 2 heteroatoms. The minimum atomic E-state index is 0.512. The van der Waals surface area contributed by atoms with E-state index in [1.165, 1.54) is 42.4 Å². The number of rotatable bonds is 4. The normalized spacial score (nSPS) is 12.7. The first kappa shape index (κ1) is 19.0. The van der Waals surface area contributed by atoms with Gasteiger partial charge < -0.3 is 0 Å². The van der Waals surface area contributed by atoms with Crippen LogP contribution in [-0.4, -0.2) is 4.98 Å². The zero-order valence-corrected chi connectivity index (χ0v) is 18.4. The molecule has 0 fully saturated rings. The van der Waals surface area contributed by atoms with E-state index in [0.717, 1.165) is 5.69 Å². The Morgan fingerprint density at radius 2 is 1.37 bits per heavy atom. The van der Waals surface area contributed by atoms with E-state index in [9.17, 15) is 0 Å². The van der Waals surface area contributed by atoms with Gasteiger partial charge in [0.2, 0.25) is 0 Å². The third-order valence-corrected chi connectivity index (χ3v) is 7.48. The standard InChI is InChI=1S/C28H25NS/c1-18(2)19(3)21-15-16-29-26(17-21)25-14-8-13-24-23-12-7-11-22(27(23)30-28(24)25)20-9-5-4-6-10-20/h4-19H,1-3H3. The van der Waals surface area contributed by atoms with Crippen LogP contribution in [0.15, 0.2) is 85.1 Å². The molecule has 5 aromatic rings. The van der Waals surface area contributed by atoms with E-state index in [0.29, 0.717) is 11.8 Å². The molecule has 0 radical (unpaired) electrons. The Hall–Kier alpha value is -2.97. The molecule has 30 heavy (non-hydrogen) atoms. The van der Waals surface area contributed by atoms with Gasteiger partial charge in [-0.05, 0) is 40.7 Å². The lowest BCUT2D eigenvalue weighted by atomic mass is 9.90. The maximum absolute atomic E-state index is 4.76. The molecule has 5 rings (SSSR count). The van der Waals surface area contributed by atoms with Gasteiger partial charge in [-0.1, -0.05) is 87.5 Å². The number of aromatic nitrogens is 1. The van der Waals surface area contributed by atoms with Crippen LogP contribution in [0.5, 0.6) is 0 Å². The molecule has 0 aliphatic carbocycles. The Kier molecular flexibility index (Phi) is 4.88. The number of fused-ring (bicyclic) bond motifs is 3. The topological polar surface area (TPSA) is 12.9 Å². The molecule has 0 aliphatic rings. The second-order valence-corrected chi connectivity index (χ2v) is 9.36. The Labute approximate surface area is 182 Å². The van der Waals surface area contributed by atoms with Gasteiger partial charge in [0.05, 0.1) is 5.69 Å². The third-order valence-electron chi connectivity index (χ3n) is 6.19. The van der Waals surface area contributed by atoms with Gasteiger partial charge >= 0.3 is 0 Å². The molecular weight excluding hydrogens is 382 g/mol. The smallest absolute Gasteiger partial charge is 0.0719 e. The highest BCUT2D eigenvalue weighted by atomic mass is 32.1. The summed E-state index contributed by atoms with van der Waals surface area (Å²) < 4.78 is 2.66. The highest BCUT2D eigenvalue weighted by Gasteiger charge is 2.16. The van der Waals surface area contributed by atoms with Gasteiger partial charge in [0.1, 0.15) is 0 Å². The summed E-state index contributed by atoms with van der Waals surface area (Å²) in [6.07, 6.45) is 1.96. The van der Waals surface area contributed by atoms with Crippen molar-refractivity contribution in [2.75, 3.05) is 0 Å². The monoisotopic (exact) mass is 407 g/mol. The van der Waals surface area contributed by atoms with Crippen molar-refractivity contribution in [1.82, 2.24) is 4.98 Å². The lowest BCUT2D eigenvalue weighted by molar-refractivity contribution is 0.535. The fourth-order valence-corrected chi connectivity index (χ4v) is 5.49. The average Bonchev–Trinajstić information content (AvgIpc) is 3.18. The zero-order valence-electron chi connectivity index (χ0n) is 17.6. The predicted molar refractivity (Wildman–Crippen MR) is 131 cm³/mol. The third kappa shape index (κ3) is 3.22. The van der Waals surface area contributed by atoms with E-state index in [-0.39, 0.29) is 0 Å². The van der Waals surface area contributed by atoms with Gasteiger partial charge in [0.25, 0.3) is 0 Å². The van der Waals surface area contributed by atoms with E-state index in [1.54, 1.807) is 0 Å². The summed E-state index contributed by atoms with van der Waals surface area (Å²) in [7, 11) is 0. The molecule has 1 atom stereocenters. The van der Waals surface area contributed by atoms with E-state index in [2.05, 4.69) is 99.6 Å². The summed E-state index contributed by atoms with van der Waals surface area (Å²) in [5.41, 5.74) is 6.22. The summed E-state index contributed by atoms with van der Waals surface area (Å²) in [4.78, 5) is 4.76. The molecule has 0 saturated carbocycles. The molecule has 148 valence electrons. The summed E-state index contributed by atoms with van der Waals surface area (Å²) in [6.45, 7) is 6.86. The molecule has 3 aromatic carbocycles. The zero-order chi connectivity index (χ0) is 20.7. The summed E-state index contributed by atoms with van der Waals surface area (Å²) in [6, 6.07) is 28.4. The molecule has 0 spiro atoms. The van der Waals surface area contributed by atoms with Gasteiger partial charge in [-0.3, -0.25) is 4.98 Å². The largest absolute Gasteiger partial charge is 0.256 e. The van der Waals surface area contributed by atoms with Crippen LogP contribution in [0.1, 0.15) is 32.3 Å². The molecule has 1 nitrogen and oxygen atoms in total. The molecule has 0 aliphatic heterocycles. The minimum Gasteiger partial charge on any atom is -0.256 e. The molecule has 1 unspecified atom stereocenters. The van der Waals surface area contributed by atoms with Gasteiger partial charge in [-0.15, -0.1) is 11.3 Å². The van der Waals surface area contributed by atoms with Crippen LogP contribution in [0.4, 0.5) is 0 Å². The highest BCUT2D eigenvalue weighted by Crippen LogP contribution is 2.43. The highest BCUT2D eigenvalue weighted by molar-refractivity contribution is 7.26. The fraction of sp³-hybridized carbons (Fsp3) is 0.179. The second-order valence-electron chi connectivity index (χ2n) is 8.34. The van der Waals surface area contributed by atoms with Crippen LogP contribution in [0.2, 0.25) is 0 Å². The molecule has 0 saturated heterocycles. The van der Waals surface area contributed by atoms with Crippen LogP contribution in [0, 0.1) is 5.92 Å². The van der Waals surface area contributed by atoms with E-state index in [4.69, 9.17) is 4.98 Å². The van der Waals surface area contributed by atoms with Crippen LogP contribution < -0.4 is 0 Å². The number of pyridine rings is 1. The summed E-state index contributed by atoms with van der Waals surface area (Å²) in [5, 5.41) is 2.64. The Morgan fingerprint density at radius 3 is 2.07 bits per heavy atom. The molecule has 2 aromatic heterocycles. The minimum absolute atomic E-state index is 0.512. The summed E-state index contributed by atoms with van der Waals surface area (Å²) >= 11 is 1.89. The number of thiophene rings is 1. The SMILES string of the molecule is CC(C)C(C)c1ccnc(-c2cccc3c2sc2c(-c4ccccc4)cccc23)c1. The Morgan fingerprint density at radius 1 is 0.700 bits per heavy atom. The Bertz CT molecular complexity index is 1330. The molecule has 0 amide bonds. The Balaban J connectivity index is 1.73. The van der Waals surface area contributed by atoms with E-state index in [1.807, 2.05) is 17.5 Å². The maximum Gasteiger partial charge on any atom is 0.0719 e. The van der Waals surface area contributed by atoms with Crippen molar-refractivity contribution in [1.29, 1.82) is 0 Å². The van der Waals surface area contributed by atoms with Crippen molar-refractivity contribution in [3.05, 3.63) is 90.6 Å². The molecule has 0 bridgehead atoms. The van der Waals surface area contributed by atoms with Crippen LogP contribution in [-0.2, 0) is 0 Å². The van der Waals surface area contributed by atoms with E-state index < -0.39 is 0 Å². The van der Waals surface area contributed by atoms with Gasteiger partial charge in [-0.25, -0.2) is 0 Å². The number of hydrogen-bond acceptors (Lipinski definition) is 2. The fourth-order valence-electron chi connectivity index (χ4n) is 4.13. The molecule has 2 heterocycles. The molecule has 0 N–H and O–H groups in total. The lowest BCUT2D eigenvalue weighted by Crippen LogP contribution is -2.02. The van der Waals surface area contributed by atoms with Crippen LogP contribution in [0.25, 0.3) is 42.6 Å². The van der Waals surface area contributed by atoms with Crippen LogP contribution >= 0.6 is 11.3 Å². The van der Waals surface area contributed by atoms with Crippen LogP contribution in [0.3, 0.4) is 0 Å². The van der Waals surface area contributed by atoms with Crippen molar-refractivity contribution in [2.24, 2.45) is 5.92 Å². The predicted octanol–water partition coefficient (Wildman–Crippen LogP) is 8.54. The lowest BCUT2D eigenvalue weighted by Gasteiger charge is -2.16. The second kappa shape index (κ2) is 7.70. The van der Waals surface area contributed by atoms with Crippen molar-refractivity contribution in [3.63, 3.8) is 0 Å². The average molecular weight is 408 g/mol. The number of nitrogens with zero attached hydrogens (tertiary/aromatic N) is 1. The first-order valence-electron chi connectivity index (χ1n) is 10.6. The summed E-state index contributed by atoms with van der Waals surface area (Å²) in [5.74, 6) is 1.12. The van der Waals surface area contributed by atoms with Gasteiger partial charge in [0, 0.05) is 31.9 Å². The van der Waals surface area contributed by atoms with Gasteiger partial charge in [0.15, 0.2) is 0 Å². The van der Waals surface area contributed by atoms with E-state index >= 15 is 0 Å². The number of benzene rings is 3. The number of hydrogen-bond donors (Lipinski definition) is 0. The first-order chi connectivity index (χ1) is 14.6. The maximum atomic E-state index is 4.76. The van der Waals surface area contributed by atoms with Crippen molar-refractivity contribution < 1.29 is 0 Å².